The first-order valence-electron chi connectivity index (χ1n) is 8.93. The highest BCUT2D eigenvalue weighted by atomic mass is 35.5. The largest absolute Gasteiger partial charge is 0.351 e. The van der Waals surface area contributed by atoms with Crippen LogP contribution in [0.5, 0.6) is 0 Å². The molecule has 0 aromatic carbocycles. The van der Waals surface area contributed by atoms with E-state index >= 15 is 0 Å². The molecule has 0 radical (unpaired) electrons. The molecular formula is C20H24ClN3O2S2. The Hall–Kier alpha value is -1.93. The van der Waals surface area contributed by atoms with Gasteiger partial charge in [0.2, 0.25) is 11.8 Å². The van der Waals surface area contributed by atoms with Gasteiger partial charge in [0.15, 0.2) is 0 Å². The van der Waals surface area contributed by atoms with Gasteiger partial charge in [0.1, 0.15) is 0 Å². The standard InChI is InChI=1S/C20H23N3O2S2.ClH/c24-19(7-5-17-3-1-15-26-17)21-9-10-22-11-13-23(14-12-22)20(25)8-6-18-4-2-16-27-18;/h1-8,15-16H,9-14H2,(H,21,24);1H. The van der Waals surface area contributed by atoms with E-state index in [1.165, 1.54) is 0 Å². The third kappa shape index (κ3) is 7.24. The van der Waals surface area contributed by atoms with E-state index in [2.05, 4.69) is 10.2 Å². The highest BCUT2D eigenvalue weighted by Gasteiger charge is 2.19. The average Bonchev–Trinajstić information content (AvgIpc) is 3.39. The first-order chi connectivity index (χ1) is 13.2. The van der Waals surface area contributed by atoms with Crippen LogP contribution in [-0.2, 0) is 9.59 Å². The van der Waals surface area contributed by atoms with Gasteiger partial charge in [-0.3, -0.25) is 14.5 Å². The molecule has 1 fully saturated rings. The first kappa shape index (κ1) is 22.4. The third-order valence-corrected chi connectivity index (χ3v) is 5.96. The van der Waals surface area contributed by atoms with Crippen molar-refractivity contribution in [2.45, 2.75) is 0 Å². The van der Waals surface area contributed by atoms with E-state index < -0.39 is 0 Å². The van der Waals surface area contributed by atoms with Crippen LogP contribution in [0.1, 0.15) is 9.75 Å². The topological polar surface area (TPSA) is 52.7 Å². The fraction of sp³-hybridized carbons (Fsp3) is 0.300. The lowest BCUT2D eigenvalue weighted by Crippen LogP contribution is -2.49. The number of nitrogens with one attached hydrogen (secondary N) is 1. The van der Waals surface area contributed by atoms with Gasteiger partial charge in [-0.05, 0) is 35.0 Å². The Bertz CT molecular complexity index is 778. The molecule has 8 heteroatoms. The van der Waals surface area contributed by atoms with Gasteiger partial charge >= 0.3 is 0 Å². The van der Waals surface area contributed by atoms with Crippen molar-refractivity contribution in [2.75, 3.05) is 39.3 Å². The third-order valence-electron chi connectivity index (χ3n) is 4.29. The zero-order chi connectivity index (χ0) is 18.9. The van der Waals surface area contributed by atoms with E-state index in [9.17, 15) is 9.59 Å². The van der Waals surface area contributed by atoms with E-state index in [0.29, 0.717) is 6.54 Å². The molecule has 1 aliphatic heterocycles. The average molecular weight is 438 g/mol. The monoisotopic (exact) mass is 437 g/mol. The van der Waals surface area contributed by atoms with Gasteiger partial charge in [-0.2, -0.15) is 0 Å². The van der Waals surface area contributed by atoms with Crippen LogP contribution in [0.15, 0.2) is 47.2 Å². The van der Waals surface area contributed by atoms with Crippen molar-refractivity contribution >= 4 is 59.0 Å². The maximum Gasteiger partial charge on any atom is 0.246 e. The molecule has 1 saturated heterocycles. The van der Waals surface area contributed by atoms with Crippen LogP contribution < -0.4 is 5.32 Å². The number of amides is 2. The molecule has 2 aromatic heterocycles. The van der Waals surface area contributed by atoms with Crippen molar-refractivity contribution in [3.05, 3.63) is 56.9 Å². The van der Waals surface area contributed by atoms with Gasteiger partial charge < -0.3 is 10.2 Å². The normalized spacial score (nSPS) is 15.1. The van der Waals surface area contributed by atoms with Crippen molar-refractivity contribution in [1.29, 1.82) is 0 Å². The second-order valence-electron chi connectivity index (χ2n) is 6.16. The number of carbonyl (C=O) groups is 2. The highest BCUT2D eigenvalue weighted by Crippen LogP contribution is 2.11. The van der Waals surface area contributed by atoms with E-state index in [0.717, 1.165) is 42.5 Å². The lowest BCUT2D eigenvalue weighted by atomic mass is 10.3. The number of hydrogen-bond donors (Lipinski definition) is 1. The summed E-state index contributed by atoms with van der Waals surface area (Å²) in [6, 6.07) is 7.91. The molecule has 0 bridgehead atoms. The van der Waals surface area contributed by atoms with Crippen LogP contribution in [0, 0.1) is 0 Å². The number of hydrogen-bond acceptors (Lipinski definition) is 5. The number of halogens is 1. The predicted molar refractivity (Wildman–Crippen MR) is 120 cm³/mol. The molecule has 150 valence electrons. The lowest BCUT2D eigenvalue weighted by Gasteiger charge is -2.34. The van der Waals surface area contributed by atoms with E-state index in [-0.39, 0.29) is 24.2 Å². The molecule has 0 saturated carbocycles. The van der Waals surface area contributed by atoms with Crippen molar-refractivity contribution in [3.8, 4) is 0 Å². The summed E-state index contributed by atoms with van der Waals surface area (Å²) >= 11 is 3.23. The van der Waals surface area contributed by atoms with E-state index in [1.807, 2.05) is 52.1 Å². The molecule has 2 aromatic rings. The number of thiophene rings is 2. The summed E-state index contributed by atoms with van der Waals surface area (Å²) in [6.07, 6.45) is 6.93. The summed E-state index contributed by atoms with van der Waals surface area (Å²) < 4.78 is 0. The van der Waals surface area contributed by atoms with Crippen molar-refractivity contribution in [2.24, 2.45) is 0 Å². The summed E-state index contributed by atoms with van der Waals surface area (Å²) in [5, 5.41) is 6.89. The second kappa shape index (κ2) is 11.8. The molecule has 3 heterocycles. The van der Waals surface area contributed by atoms with Gasteiger partial charge in [-0.1, -0.05) is 12.1 Å². The Labute approximate surface area is 179 Å². The highest BCUT2D eigenvalue weighted by molar-refractivity contribution is 7.11. The molecule has 1 aliphatic rings. The fourth-order valence-corrected chi connectivity index (χ4v) is 4.01. The molecule has 0 aliphatic carbocycles. The number of piperazine rings is 1. The summed E-state index contributed by atoms with van der Waals surface area (Å²) in [5.41, 5.74) is 0. The van der Waals surface area contributed by atoms with Crippen molar-refractivity contribution in [3.63, 3.8) is 0 Å². The molecule has 1 N–H and O–H groups in total. The second-order valence-corrected chi connectivity index (χ2v) is 8.11. The smallest absolute Gasteiger partial charge is 0.246 e. The van der Waals surface area contributed by atoms with Gasteiger partial charge in [0.25, 0.3) is 0 Å². The molecule has 0 unspecified atom stereocenters. The van der Waals surface area contributed by atoms with Gasteiger partial charge in [-0.15, -0.1) is 35.1 Å². The zero-order valence-corrected chi connectivity index (χ0v) is 17.9. The summed E-state index contributed by atoms with van der Waals surface area (Å²) in [6.45, 7) is 4.52. The fourth-order valence-electron chi connectivity index (χ4n) is 2.78. The van der Waals surface area contributed by atoms with Gasteiger partial charge in [0.05, 0.1) is 0 Å². The van der Waals surface area contributed by atoms with Crippen molar-refractivity contribution in [1.82, 2.24) is 15.1 Å². The van der Waals surface area contributed by atoms with Crippen LogP contribution >= 0.6 is 35.1 Å². The predicted octanol–water partition coefficient (Wildman–Crippen LogP) is 3.22. The van der Waals surface area contributed by atoms with E-state index in [4.69, 9.17) is 0 Å². The Balaban J connectivity index is 0.00000280. The molecule has 0 atom stereocenters. The molecule has 3 rings (SSSR count). The molecule has 5 nitrogen and oxygen atoms in total. The van der Waals surface area contributed by atoms with Gasteiger partial charge in [0, 0.05) is 61.2 Å². The molecule has 28 heavy (non-hydrogen) atoms. The molecular weight excluding hydrogens is 414 g/mol. The minimum Gasteiger partial charge on any atom is -0.351 e. The quantitative estimate of drug-likeness (QED) is 0.676. The number of carbonyl (C=O) groups excluding carboxylic acids is 2. The summed E-state index contributed by atoms with van der Waals surface area (Å²) in [7, 11) is 0. The van der Waals surface area contributed by atoms with Crippen LogP contribution in [0.2, 0.25) is 0 Å². The maximum absolute atomic E-state index is 12.2. The maximum atomic E-state index is 12.2. The Morgan fingerprint density at radius 1 is 0.964 bits per heavy atom. The van der Waals surface area contributed by atoms with E-state index in [1.54, 1.807) is 34.8 Å². The van der Waals surface area contributed by atoms with Crippen molar-refractivity contribution < 1.29 is 9.59 Å². The van der Waals surface area contributed by atoms with Crippen LogP contribution in [-0.4, -0.2) is 60.9 Å². The van der Waals surface area contributed by atoms with Crippen LogP contribution in [0.4, 0.5) is 0 Å². The minimum absolute atomic E-state index is 0. The van der Waals surface area contributed by atoms with Gasteiger partial charge in [-0.25, -0.2) is 0 Å². The van der Waals surface area contributed by atoms with Crippen LogP contribution in [0.3, 0.4) is 0 Å². The Morgan fingerprint density at radius 3 is 2.14 bits per heavy atom. The minimum atomic E-state index is -0.0732. The Kier molecular flexibility index (Phi) is 9.43. The Morgan fingerprint density at radius 2 is 1.57 bits per heavy atom. The summed E-state index contributed by atoms with van der Waals surface area (Å²) in [4.78, 5) is 30.4. The molecule has 0 spiro atoms. The first-order valence-corrected chi connectivity index (χ1v) is 10.7. The van der Waals surface area contributed by atoms with Crippen LogP contribution in [0.25, 0.3) is 12.2 Å². The SMILES string of the molecule is Cl.O=C(C=Cc1cccs1)NCCN1CCN(C(=O)C=Cc2cccs2)CC1. The summed E-state index contributed by atoms with van der Waals surface area (Å²) in [5.74, 6) is -0.00834. The lowest BCUT2D eigenvalue weighted by molar-refractivity contribution is -0.127. The molecule has 2 amide bonds. The number of nitrogens with zero attached hydrogens (tertiary/aromatic N) is 2. The number of rotatable bonds is 7. The zero-order valence-electron chi connectivity index (χ0n) is 15.5.